The first-order valence-corrected chi connectivity index (χ1v) is 18.9. The minimum Gasteiger partial charge on any atom is -0.456 e. The highest BCUT2D eigenvalue weighted by Gasteiger charge is 2.16. The Kier molecular flexibility index (Phi) is 7.46. The molecule has 4 heteroatoms. The largest absolute Gasteiger partial charge is 0.456 e. The van der Waals surface area contributed by atoms with Gasteiger partial charge in [0.15, 0.2) is 5.82 Å². The second-order valence-electron chi connectivity index (χ2n) is 14.2. The Morgan fingerprint density at radius 2 is 0.821 bits per heavy atom. The molecule has 4 nitrogen and oxygen atoms in total. The smallest absolute Gasteiger partial charge is 0.160 e. The fourth-order valence-electron chi connectivity index (χ4n) is 8.04. The Labute approximate surface area is 323 Å². The molecule has 262 valence electrons. The van der Waals surface area contributed by atoms with Crippen LogP contribution in [0.2, 0.25) is 0 Å². The average molecular weight is 716 g/mol. The fraction of sp³-hybridized carbons (Fsp3) is 0. The predicted molar refractivity (Wildman–Crippen MR) is 231 cm³/mol. The molecule has 0 unspecified atom stereocenters. The fourth-order valence-corrected chi connectivity index (χ4v) is 8.04. The lowest BCUT2D eigenvalue weighted by atomic mass is 9.99. The van der Waals surface area contributed by atoms with Crippen LogP contribution in [0.1, 0.15) is 0 Å². The highest BCUT2D eigenvalue weighted by Crippen LogP contribution is 2.37. The number of nitrogens with zero attached hydrogens (tertiary/aromatic N) is 3. The molecule has 0 saturated carbocycles. The Morgan fingerprint density at radius 3 is 1.55 bits per heavy atom. The van der Waals surface area contributed by atoms with Crippen molar-refractivity contribution < 1.29 is 4.42 Å². The number of hydrogen-bond acceptors (Lipinski definition) is 3. The van der Waals surface area contributed by atoms with Crippen molar-refractivity contribution in [3.8, 4) is 61.8 Å². The van der Waals surface area contributed by atoms with Crippen LogP contribution in [0.5, 0.6) is 0 Å². The van der Waals surface area contributed by atoms with Crippen LogP contribution in [-0.4, -0.2) is 14.5 Å². The molecule has 0 N–H and O–H groups in total. The van der Waals surface area contributed by atoms with E-state index in [1.165, 1.54) is 27.4 Å². The summed E-state index contributed by atoms with van der Waals surface area (Å²) in [6, 6.07) is 70.4. The van der Waals surface area contributed by atoms with Gasteiger partial charge in [-0.3, -0.25) is 0 Å². The molecule has 0 saturated heterocycles. The third kappa shape index (κ3) is 5.47. The highest BCUT2D eigenvalue weighted by atomic mass is 16.3. The molecule has 0 fully saturated rings. The van der Waals surface area contributed by atoms with Crippen LogP contribution in [-0.2, 0) is 0 Å². The van der Waals surface area contributed by atoms with Crippen molar-refractivity contribution in [2.24, 2.45) is 0 Å². The van der Waals surface area contributed by atoms with E-state index >= 15 is 0 Å². The van der Waals surface area contributed by atoms with E-state index in [1.807, 2.05) is 24.3 Å². The standard InChI is InChI=1S/C52H33N3O/c1-3-11-34(12-4-1)35-19-23-37(24-20-35)46-33-47(54-52(53-46)40-28-30-45-44-16-8-10-18-50(44)56-51(45)32-40)38-25-21-36(22-26-38)39-27-29-43-42-15-7-9-17-48(42)55(49(43)31-39)41-13-5-2-6-14-41/h1-33H. The van der Waals surface area contributed by atoms with E-state index in [9.17, 15) is 0 Å². The molecule has 8 aromatic carbocycles. The van der Waals surface area contributed by atoms with Crippen molar-refractivity contribution in [2.75, 3.05) is 0 Å². The van der Waals surface area contributed by atoms with Crippen LogP contribution in [0.3, 0.4) is 0 Å². The van der Waals surface area contributed by atoms with Crippen molar-refractivity contribution in [2.45, 2.75) is 0 Å². The number of aromatic nitrogens is 3. The Morgan fingerprint density at radius 1 is 0.321 bits per heavy atom. The zero-order chi connectivity index (χ0) is 37.0. The average Bonchev–Trinajstić information content (AvgIpc) is 3.82. The van der Waals surface area contributed by atoms with Crippen LogP contribution in [0, 0.1) is 0 Å². The lowest BCUT2D eigenvalue weighted by Crippen LogP contribution is -1.96. The zero-order valence-electron chi connectivity index (χ0n) is 30.3. The number of fused-ring (bicyclic) bond motifs is 6. The van der Waals surface area contributed by atoms with Crippen LogP contribution in [0.25, 0.3) is 106 Å². The molecule has 0 aliphatic carbocycles. The summed E-state index contributed by atoms with van der Waals surface area (Å²) in [5.41, 5.74) is 14.5. The number of hydrogen-bond donors (Lipinski definition) is 0. The maximum atomic E-state index is 6.27. The van der Waals surface area contributed by atoms with Gasteiger partial charge in [0.2, 0.25) is 0 Å². The van der Waals surface area contributed by atoms with Gasteiger partial charge in [-0.05, 0) is 70.8 Å². The monoisotopic (exact) mass is 715 g/mol. The molecule has 0 amide bonds. The van der Waals surface area contributed by atoms with E-state index in [0.29, 0.717) is 5.82 Å². The maximum Gasteiger partial charge on any atom is 0.160 e. The van der Waals surface area contributed by atoms with E-state index in [-0.39, 0.29) is 0 Å². The Balaban J connectivity index is 1.01. The first-order valence-electron chi connectivity index (χ1n) is 18.9. The molecule has 0 aliphatic rings. The minimum atomic E-state index is 0.648. The lowest BCUT2D eigenvalue weighted by Gasteiger charge is -2.11. The van der Waals surface area contributed by atoms with Crippen LogP contribution >= 0.6 is 0 Å². The molecule has 56 heavy (non-hydrogen) atoms. The second-order valence-corrected chi connectivity index (χ2v) is 14.2. The SMILES string of the molecule is c1ccc(-c2ccc(-c3cc(-c4ccc(-c5ccc6c7ccccc7n(-c7ccccc7)c6c5)cc4)nc(-c4ccc5c(c4)oc4ccccc45)n3)cc2)cc1. The summed E-state index contributed by atoms with van der Waals surface area (Å²) in [6.45, 7) is 0. The molecule has 3 heterocycles. The predicted octanol–water partition coefficient (Wildman–Crippen LogP) is 13.8. The van der Waals surface area contributed by atoms with Gasteiger partial charge in [-0.1, -0.05) is 152 Å². The third-order valence-electron chi connectivity index (χ3n) is 10.9. The van der Waals surface area contributed by atoms with Gasteiger partial charge in [0.05, 0.1) is 22.4 Å². The summed E-state index contributed by atoms with van der Waals surface area (Å²) in [7, 11) is 0. The van der Waals surface area contributed by atoms with Gasteiger partial charge < -0.3 is 8.98 Å². The quantitative estimate of drug-likeness (QED) is 0.172. The molecule has 3 aromatic heterocycles. The van der Waals surface area contributed by atoms with Gasteiger partial charge in [-0.2, -0.15) is 0 Å². The van der Waals surface area contributed by atoms with Gasteiger partial charge in [0.1, 0.15) is 11.2 Å². The minimum absolute atomic E-state index is 0.648. The Bertz CT molecular complexity index is 3220. The molecule has 11 rings (SSSR count). The van der Waals surface area contributed by atoms with E-state index in [0.717, 1.165) is 72.4 Å². The van der Waals surface area contributed by atoms with Gasteiger partial charge in [-0.25, -0.2) is 9.97 Å². The molecular formula is C52H33N3O. The van der Waals surface area contributed by atoms with E-state index in [2.05, 4.69) is 180 Å². The Hall–Kier alpha value is -7.56. The summed E-state index contributed by atoms with van der Waals surface area (Å²) in [4.78, 5) is 10.3. The summed E-state index contributed by atoms with van der Waals surface area (Å²) in [6.07, 6.45) is 0. The summed E-state index contributed by atoms with van der Waals surface area (Å²) in [5.74, 6) is 0.648. The number of rotatable bonds is 6. The molecule has 0 atom stereocenters. The van der Waals surface area contributed by atoms with Crippen LogP contribution < -0.4 is 0 Å². The highest BCUT2D eigenvalue weighted by molar-refractivity contribution is 6.10. The summed E-state index contributed by atoms with van der Waals surface area (Å²) >= 11 is 0. The molecule has 0 bridgehead atoms. The molecule has 11 aromatic rings. The van der Waals surface area contributed by atoms with E-state index in [4.69, 9.17) is 14.4 Å². The van der Waals surface area contributed by atoms with E-state index < -0.39 is 0 Å². The number of benzene rings is 8. The zero-order valence-corrected chi connectivity index (χ0v) is 30.3. The van der Waals surface area contributed by atoms with Crippen LogP contribution in [0.15, 0.2) is 205 Å². The summed E-state index contributed by atoms with van der Waals surface area (Å²) < 4.78 is 8.64. The van der Waals surface area contributed by atoms with Gasteiger partial charge >= 0.3 is 0 Å². The number of para-hydroxylation sites is 3. The number of furan rings is 1. The molecule has 0 radical (unpaired) electrons. The lowest BCUT2D eigenvalue weighted by molar-refractivity contribution is 0.669. The summed E-state index contributed by atoms with van der Waals surface area (Å²) in [5, 5.41) is 4.67. The van der Waals surface area contributed by atoms with Gasteiger partial charge in [0, 0.05) is 43.9 Å². The van der Waals surface area contributed by atoms with Crippen LogP contribution in [0.4, 0.5) is 0 Å². The molecular weight excluding hydrogens is 683 g/mol. The third-order valence-corrected chi connectivity index (χ3v) is 10.9. The first-order chi connectivity index (χ1) is 27.7. The van der Waals surface area contributed by atoms with Crippen molar-refractivity contribution >= 4 is 43.7 Å². The molecule has 0 aliphatic heterocycles. The van der Waals surface area contributed by atoms with Crippen molar-refractivity contribution in [1.82, 2.24) is 14.5 Å². The van der Waals surface area contributed by atoms with Crippen molar-refractivity contribution in [3.63, 3.8) is 0 Å². The first kappa shape index (κ1) is 31.9. The maximum absolute atomic E-state index is 6.27. The van der Waals surface area contributed by atoms with Gasteiger partial charge in [-0.15, -0.1) is 0 Å². The van der Waals surface area contributed by atoms with Crippen molar-refractivity contribution in [1.29, 1.82) is 0 Å². The normalized spacial score (nSPS) is 11.6. The molecule has 0 spiro atoms. The second kappa shape index (κ2) is 13.1. The van der Waals surface area contributed by atoms with Gasteiger partial charge in [0.25, 0.3) is 0 Å². The topological polar surface area (TPSA) is 43.9 Å². The van der Waals surface area contributed by atoms with Crippen molar-refractivity contribution in [3.05, 3.63) is 200 Å². The van der Waals surface area contributed by atoms with E-state index in [1.54, 1.807) is 0 Å².